The quantitative estimate of drug-likeness (QED) is 0.0294. The minimum atomic E-state index is -1.80. The molecule has 21 nitrogen and oxygen atoms in total. The summed E-state index contributed by atoms with van der Waals surface area (Å²) in [5, 5.41) is 20.2. The molecule has 0 spiro atoms. The lowest BCUT2D eigenvalue weighted by atomic mass is 9.77. The van der Waals surface area contributed by atoms with E-state index in [1.54, 1.807) is 52.0 Å². The number of benzene rings is 4. The van der Waals surface area contributed by atoms with Crippen LogP contribution in [-0.2, 0) is 69.3 Å². The van der Waals surface area contributed by atoms with Gasteiger partial charge in [-0.25, -0.2) is 4.79 Å². The van der Waals surface area contributed by atoms with E-state index in [4.69, 9.17) is 18.9 Å². The minimum Gasteiger partial charge on any atom is -0.488 e. The lowest BCUT2D eigenvalue weighted by Crippen LogP contribution is -2.62. The number of esters is 1. The Bertz CT molecular complexity index is 3000. The van der Waals surface area contributed by atoms with E-state index in [1.165, 1.54) is 18.9 Å². The van der Waals surface area contributed by atoms with Crippen molar-refractivity contribution in [3.8, 4) is 5.75 Å². The molecule has 0 aliphatic carbocycles. The highest BCUT2D eigenvalue weighted by Crippen LogP contribution is 2.37. The van der Waals surface area contributed by atoms with Crippen molar-refractivity contribution in [2.75, 3.05) is 20.3 Å². The van der Waals surface area contributed by atoms with Crippen LogP contribution in [0, 0.1) is 23.7 Å². The average Bonchev–Trinajstić information content (AvgIpc) is 0.787. The first kappa shape index (κ1) is 72.9. The predicted molar refractivity (Wildman–Crippen MR) is 349 cm³/mol. The molecule has 0 unspecified atom stereocenters. The third-order valence-electron chi connectivity index (χ3n) is 16.9. The summed E-state index contributed by atoms with van der Waals surface area (Å²) >= 11 is 0. The van der Waals surface area contributed by atoms with Gasteiger partial charge in [0, 0.05) is 32.2 Å². The van der Waals surface area contributed by atoms with Crippen LogP contribution in [0.2, 0.25) is 0 Å². The lowest BCUT2D eigenvalue weighted by Gasteiger charge is -2.37. The highest BCUT2D eigenvalue weighted by Gasteiger charge is 2.43. The number of carbonyl (C=O) groups excluding carboxylic acids is 9. The van der Waals surface area contributed by atoms with E-state index in [1.807, 2.05) is 139 Å². The lowest BCUT2D eigenvalue weighted by molar-refractivity contribution is -0.158. The molecule has 0 aromatic heterocycles. The average molecular weight is 1270 g/mol. The Morgan fingerprint density at radius 2 is 1.15 bits per heavy atom. The molecule has 7 N–H and O–H groups in total. The normalized spacial score (nSPS) is 22.1. The summed E-state index contributed by atoms with van der Waals surface area (Å²) in [7, 11) is 1.46. The van der Waals surface area contributed by atoms with E-state index in [0.29, 0.717) is 37.4 Å². The second-order valence-electron chi connectivity index (χ2n) is 26.1. The van der Waals surface area contributed by atoms with Gasteiger partial charge in [-0.3, -0.25) is 38.4 Å². The number of carbonyl (C=O) groups is 9. The van der Waals surface area contributed by atoms with Crippen LogP contribution in [0.5, 0.6) is 5.75 Å². The largest absolute Gasteiger partial charge is 0.488 e. The third-order valence-corrected chi connectivity index (χ3v) is 16.9. The number of likely N-dealkylation sites (N-methyl/N-ethyl adjacent to an activating group) is 1. The van der Waals surface area contributed by atoms with Crippen LogP contribution in [0.15, 0.2) is 115 Å². The smallest absolute Gasteiger partial charge is 0.329 e. The van der Waals surface area contributed by atoms with Gasteiger partial charge in [0.05, 0.1) is 13.2 Å². The Morgan fingerprint density at radius 3 is 1.66 bits per heavy atom. The van der Waals surface area contributed by atoms with Gasteiger partial charge >= 0.3 is 5.97 Å². The number of rotatable bonds is 23. The fourth-order valence-electron chi connectivity index (χ4n) is 11.2. The summed E-state index contributed by atoms with van der Waals surface area (Å²) in [5.74, 6) is -8.22. The summed E-state index contributed by atoms with van der Waals surface area (Å²) in [6.07, 6.45) is -2.01. The van der Waals surface area contributed by atoms with Crippen LogP contribution in [0.4, 0.5) is 0 Å². The second kappa shape index (κ2) is 33.9. The summed E-state index contributed by atoms with van der Waals surface area (Å²) in [6, 6.07) is 25.5. The Hall–Kier alpha value is -8.17. The molecule has 10 atom stereocenters. The molecule has 6 rings (SSSR count). The van der Waals surface area contributed by atoms with Crippen LogP contribution in [0.25, 0.3) is 0 Å². The number of hydrogen-bond donors (Lipinski definition) is 7. The van der Waals surface area contributed by atoms with Crippen molar-refractivity contribution in [1.29, 1.82) is 0 Å². The fraction of sp³-hybridized carbons (Fsp3) is 0.535. The first-order chi connectivity index (χ1) is 43.6. The molecule has 0 radical (unpaired) electrons. The van der Waals surface area contributed by atoms with Gasteiger partial charge < -0.3 is 61.1 Å². The van der Waals surface area contributed by atoms with Crippen molar-refractivity contribution >= 4 is 53.2 Å². The van der Waals surface area contributed by atoms with Gasteiger partial charge in [-0.1, -0.05) is 171 Å². The molecular formula is C71H98N8O13. The summed E-state index contributed by atoms with van der Waals surface area (Å²) in [6.45, 7) is 21.8. The molecule has 0 saturated carbocycles. The molecule has 4 aromatic rings. The minimum absolute atomic E-state index is 0.0167. The molecule has 500 valence electrons. The summed E-state index contributed by atoms with van der Waals surface area (Å²) in [5.41, 5.74) is 1.16. The zero-order valence-electron chi connectivity index (χ0n) is 55.8. The molecule has 0 bridgehead atoms. The zero-order valence-corrected chi connectivity index (χ0v) is 55.8. The van der Waals surface area contributed by atoms with Gasteiger partial charge in [-0.2, -0.15) is 0 Å². The van der Waals surface area contributed by atoms with Crippen LogP contribution in [0.1, 0.15) is 150 Å². The number of amides is 8. The van der Waals surface area contributed by atoms with E-state index >= 15 is 19.2 Å². The second-order valence-corrected chi connectivity index (χ2v) is 26.1. The predicted octanol–water partition coefficient (Wildman–Crippen LogP) is 6.92. The van der Waals surface area contributed by atoms with Gasteiger partial charge in [0.1, 0.15) is 65.3 Å². The van der Waals surface area contributed by atoms with Gasteiger partial charge in [0.2, 0.25) is 47.3 Å². The Morgan fingerprint density at radius 1 is 0.641 bits per heavy atom. The van der Waals surface area contributed by atoms with Crippen molar-refractivity contribution in [3.63, 3.8) is 0 Å². The van der Waals surface area contributed by atoms with Gasteiger partial charge in [0.15, 0.2) is 6.29 Å². The van der Waals surface area contributed by atoms with Crippen molar-refractivity contribution in [3.05, 3.63) is 138 Å². The molecule has 2 heterocycles. The topological polar surface area (TPSA) is 278 Å². The first-order valence-electron chi connectivity index (χ1n) is 32.4. The van der Waals surface area contributed by atoms with E-state index < -0.39 is 137 Å². The van der Waals surface area contributed by atoms with E-state index in [2.05, 4.69) is 37.2 Å². The number of nitrogens with one attached hydrogen (secondary N) is 7. The van der Waals surface area contributed by atoms with Crippen molar-refractivity contribution in [2.45, 2.75) is 200 Å². The van der Waals surface area contributed by atoms with E-state index in [9.17, 15) is 24.0 Å². The van der Waals surface area contributed by atoms with Crippen LogP contribution in [0.3, 0.4) is 0 Å². The number of cyclic esters (lactones) is 1. The van der Waals surface area contributed by atoms with E-state index in [0.717, 1.165) is 16.7 Å². The Labute approximate surface area is 542 Å². The Balaban J connectivity index is 1.42. The van der Waals surface area contributed by atoms with E-state index in [-0.39, 0.29) is 44.4 Å². The van der Waals surface area contributed by atoms with Crippen molar-refractivity contribution < 1.29 is 62.1 Å². The molecule has 2 fully saturated rings. The molecule has 2 aliphatic rings. The standard InChI is InChI=1S/C71H98N8O13/c1-14-45(7)59-68(87)79(13)56(42-48-31-33-52(34-32-48)92-70(10,11)12)66(85)76-60(46(8)15-2)69(88)91-47(9)61(67(86)74-55(41-43(3)4)65(84)73-54(63(82)75-59)36-38-58-89-39-40-90-58)77-64(83)53(72-62(81)44(5)6)35-37-57(80)78-71(49-25-19-16-20-26-49,50-27-21-17-22-28-50)51-29-23-18-24-30-51/h16-34,43-47,53-56,58-61H,14-15,35-42H2,1-13H3,(H,72,81)(H,73,84)(H,74,86)(H,75,82)(H,76,85)(H,77,83)(H,78,80)/t45-,46-,47+,53-,54-,55-,56-,59-,60-,61-/m0/s1. The Kier molecular flexibility index (Phi) is 26.9. The maximum absolute atomic E-state index is 15.2. The monoisotopic (exact) mass is 1270 g/mol. The molecule has 92 heavy (non-hydrogen) atoms. The molecular weight excluding hydrogens is 1170 g/mol. The summed E-state index contributed by atoms with van der Waals surface area (Å²) < 4.78 is 23.7. The number of hydrogen-bond acceptors (Lipinski definition) is 13. The maximum Gasteiger partial charge on any atom is 0.329 e. The molecule has 21 heteroatoms. The van der Waals surface area contributed by atoms with Crippen LogP contribution in [-0.4, -0.2) is 139 Å². The summed E-state index contributed by atoms with van der Waals surface area (Å²) in [4.78, 5) is 135. The number of nitrogens with zero attached hydrogens (tertiary/aromatic N) is 1. The van der Waals surface area contributed by atoms with Gasteiger partial charge in [-0.05, 0) is 99.1 Å². The van der Waals surface area contributed by atoms with Gasteiger partial charge in [0.25, 0.3) is 0 Å². The number of ether oxygens (including phenoxy) is 4. The molecule has 2 aliphatic heterocycles. The third kappa shape index (κ3) is 20.2. The highest BCUT2D eigenvalue weighted by molar-refractivity contribution is 5.98. The fourth-order valence-corrected chi connectivity index (χ4v) is 11.2. The van der Waals surface area contributed by atoms with Crippen LogP contribution < -0.4 is 42.0 Å². The van der Waals surface area contributed by atoms with Crippen LogP contribution >= 0.6 is 0 Å². The highest BCUT2D eigenvalue weighted by atomic mass is 16.7. The van der Waals surface area contributed by atoms with Crippen molar-refractivity contribution in [2.24, 2.45) is 23.7 Å². The maximum atomic E-state index is 15.2. The van der Waals surface area contributed by atoms with Gasteiger partial charge in [-0.15, -0.1) is 0 Å². The molecule has 8 amide bonds. The van der Waals surface area contributed by atoms with Crippen molar-refractivity contribution in [1.82, 2.24) is 42.1 Å². The molecule has 4 aromatic carbocycles. The first-order valence-corrected chi connectivity index (χ1v) is 32.4. The molecule has 2 saturated heterocycles. The zero-order chi connectivity index (χ0) is 67.5. The SMILES string of the molecule is CC[C@H](C)[C@@H]1NC(=O)[C@H](Cc2ccc(OC(C)(C)C)cc2)N(C)C(=O)[C@H]([C@@H](C)CC)NC(=O)[C@H](CCC2OCCO2)NC(=O)[C@H](CC(C)C)NC(=O)[C@@H](NC(=O)[C@H](CCC(=O)NC(c2ccccc2)(c2ccccc2)c2ccccc2)NC(=O)C(C)C)[C@@H](C)OC1=O.